The minimum atomic E-state index is -0.628. The molecule has 0 aliphatic heterocycles. The van der Waals surface area contributed by atoms with Gasteiger partial charge in [-0.25, -0.2) is 9.37 Å². The van der Waals surface area contributed by atoms with Crippen molar-refractivity contribution in [2.45, 2.75) is 36.1 Å². The molecule has 2 atom stereocenters. The summed E-state index contributed by atoms with van der Waals surface area (Å²) in [5.74, 6) is -0.617. The molecule has 2 unspecified atom stereocenters. The fourth-order valence-corrected chi connectivity index (χ4v) is 4.70. The molecule has 2 aromatic carbocycles. The number of carbonyl (C=O) groups is 1. The first-order valence-electron chi connectivity index (χ1n) is 9.32. The number of amides is 1. The van der Waals surface area contributed by atoms with Crippen LogP contribution in [-0.2, 0) is 0 Å². The standard InChI is InChI=1S/C20H17Cl4FN4O/c21-11-5-4-9(6-15(11)25)26-19(30)10-7-16-17(8-14(10)24)28-20(27-16)29-18-12(22)2-1-3-13(18)23/h4-8,12-13,18H,1-3H2,(H,26,30)(H2,27,28,29). The van der Waals surface area contributed by atoms with Gasteiger partial charge < -0.3 is 15.6 Å². The molecule has 30 heavy (non-hydrogen) atoms. The van der Waals surface area contributed by atoms with E-state index < -0.39 is 11.7 Å². The van der Waals surface area contributed by atoms with Gasteiger partial charge in [-0.2, -0.15) is 0 Å². The topological polar surface area (TPSA) is 69.8 Å². The van der Waals surface area contributed by atoms with E-state index in [4.69, 9.17) is 46.4 Å². The zero-order valence-corrected chi connectivity index (χ0v) is 18.5. The lowest BCUT2D eigenvalue weighted by Gasteiger charge is -2.31. The fraction of sp³-hybridized carbons (Fsp3) is 0.300. The summed E-state index contributed by atoms with van der Waals surface area (Å²) in [6, 6.07) is 7.06. The van der Waals surface area contributed by atoms with E-state index in [0.29, 0.717) is 17.0 Å². The minimum Gasteiger partial charge on any atom is -0.350 e. The Morgan fingerprint density at radius 3 is 2.53 bits per heavy atom. The Morgan fingerprint density at radius 2 is 1.83 bits per heavy atom. The molecule has 3 N–H and O–H groups in total. The van der Waals surface area contributed by atoms with Crippen LogP contribution < -0.4 is 10.6 Å². The number of aromatic nitrogens is 2. The molecule has 1 aliphatic carbocycles. The lowest BCUT2D eigenvalue weighted by molar-refractivity contribution is 0.102. The first-order chi connectivity index (χ1) is 14.3. The number of rotatable bonds is 4. The minimum absolute atomic E-state index is 0.0275. The maximum atomic E-state index is 13.6. The SMILES string of the molecule is O=C(Nc1ccc(Cl)c(F)c1)c1cc2nc(NC3C(Cl)CCCC3Cl)[nH]c2cc1Cl. The second-order valence-corrected chi connectivity index (χ2v) is 9.09. The van der Waals surface area contributed by atoms with Gasteiger partial charge in [-0.3, -0.25) is 4.79 Å². The van der Waals surface area contributed by atoms with E-state index in [1.807, 2.05) is 0 Å². The van der Waals surface area contributed by atoms with Gasteiger partial charge in [0.05, 0.1) is 43.4 Å². The monoisotopic (exact) mass is 488 g/mol. The molecule has 1 aromatic heterocycles. The van der Waals surface area contributed by atoms with Gasteiger partial charge in [0.2, 0.25) is 5.95 Å². The molecule has 1 heterocycles. The quantitative estimate of drug-likeness (QED) is 0.369. The van der Waals surface area contributed by atoms with Crippen LogP contribution in [0.5, 0.6) is 0 Å². The van der Waals surface area contributed by atoms with Gasteiger partial charge in [0.25, 0.3) is 5.91 Å². The van der Waals surface area contributed by atoms with E-state index in [9.17, 15) is 9.18 Å². The van der Waals surface area contributed by atoms with E-state index in [1.165, 1.54) is 12.1 Å². The zero-order valence-electron chi connectivity index (χ0n) is 15.5. The van der Waals surface area contributed by atoms with Gasteiger partial charge in [-0.15, -0.1) is 23.2 Å². The molecule has 4 rings (SSSR count). The van der Waals surface area contributed by atoms with E-state index in [2.05, 4.69) is 20.6 Å². The maximum Gasteiger partial charge on any atom is 0.257 e. The van der Waals surface area contributed by atoms with Gasteiger partial charge in [0.1, 0.15) is 5.82 Å². The number of halogens is 5. The first kappa shape index (κ1) is 21.5. The Kier molecular flexibility index (Phi) is 6.30. The summed E-state index contributed by atoms with van der Waals surface area (Å²) in [5, 5.41) is 5.87. The van der Waals surface area contributed by atoms with Crippen LogP contribution in [0.25, 0.3) is 11.0 Å². The summed E-state index contributed by atoms with van der Waals surface area (Å²) in [6.45, 7) is 0. The predicted octanol–water partition coefficient (Wildman–Crippen LogP) is 6.44. The number of alkyl halides is 2. The first-order valence-corrected chi connectivity index (χ1v) is 10.9. The van der Waals surface area contributed by atoms with Crippen LogP contribution in [0.3, 0.4) is 0 Å². The largest absolute Gasteiger partial charge is 0.350 e. The highest BCUT2D eigenvalue weighted by molar-refractivity contribution is 6.35. The van der Waals surface area contributed by atoms with Crippen LogP contribution >= 0.6 is 46.4 Å². The van der Waals surface area contributed by atoms with Crippen LogP contribution in [0.1, 0.15) is 29.6 Å². The van der Waals surface area contributed by atoms with Crippen molar-refractivity contribution in [1.82, 2.24) is 9.97 Å². The van der Waals surface area contributed by atoms with Crippen LogP contribution in [0, 0.1) is 5.82 Å². The Balaban J connectivity index is 1.57. The second kappa shape index (κ2) is 8.79. The van der Waals surface area contributed by atoms with Crippen molar-refractivity contribution in [1.29, 1.82) is 0 Å². The molecule has 0 spiro atoms. The number of fused-ring (bicyclic) bond motifs is 1. The number of nitrogens with zero attached hydrogens (tertiary/aromatic N) is 1. The molecule has 0 bridgehead atoms. The summed E-state index contributed by atoms with van der Waals surface area (Å²) >= 11 is 24.8. The van der Waals surface area contributed by atoms with Gasteiger partial charge in [-0.1, -0.05) is 29.6 Å². The number of benzene rings is 2. The number of hydrogen-bond acceptors (Lipinski definition) is 3. The maximum absolute atomic E-state index is 13.6. The number of anilines is 2. The molecule has 3 aromatic rings. The van der Waals surface area contributed by atoms with Crippen LogP contribution in [0.15, 0.2) is 30.3 Å². The average molecular weight is 490 g/mol. The summed E-state index contributed by atoms with van der Waals surface area (Å²) in [5.41, 5.74) is 1.67. The van der Waals surface area contributed by atoms with Crippen molar-refractivity contribution in [2.24, 2.45) is 0 Å². The van der Waals surface area contributed by atoms with Gasteiger partial charge >= 0.3 is 0 Å². The highest BCUT2D eigenvalue weighted by Crippen LogP contribution is 2.31. The molecule has 1 fully saturated rings. The van der Waals surface area contributed by atoms with Gasteiger partial charge in [0.15, 0.2) is 0 Å². The lowest BCUT2D eigenvalue weighted by atomic mass is 9.94. The molecule has 5 nitrogen and oxygen atoms in total. The number of H-pyrrole nitrogens is 1. The lowest BCUT2D eigenvalue weighted by Crippen LogP contribution is -2.41. The molecule has 1 amide bonds. The molecule has 158 valence electrons. The van der Waals surface area contributed by atoms with Crippen LogP contribution in [-0.4, -0.2) is 32.7 Å². The van der Waals surface area contributed by atoms with Crippen molar-refractivity contribution in [3.8, 4) is 0 Å². The van der Waals surface area contributed by atoms with Crippen LogP contribution in [0.4, 0.5) is 16.0 Å². The van der Waals surface area contributed by atoms with E-state index in [1.54, 1.807) is 12.1 Å². The number of hydrogen-bond donors (Lipinski definition) is 3. The summed E-state index contributed by atoms with van der Waals surface area (Å²) < 4.78 is 13.6. The molecule has 0 saturated heterocycles. The molecule has 1 saturated carbocycles. The van der Waals surface area contributed by atoms with E-state index in [0.717, 1.165) is 25.3 Å². The Hall–Kier alpha value is -1.73. The molecular formula is C20H17Cl4FN4O. The smallest absolute Gasteiger partial charge is 0.257 e. The number of imidazole rings is 1. The summed E-state index contributed by atoms with van der Waals surface area (Å²) in [6.07, 6.45) is 2.75. The number of aromatic amines is 1. The van der Waals surface area contributed by atoms with Crippen molar-refractivity contribution in [3.63, 3.8) is 0 Å². The Labute approximate surface area is 192 Å². The average Bonchev–Trinajstić information content (AvgIpc) is 3.08. The summed E-state index contributed by atoms with van der Waals surface area (Å²) in [7, 11) is 0. The normalized spacial score (nSPS) is 21.6. The summed E-state index contributed by atoms with van der Waals surface area (Å²) in [4.78, 5) is 20.3. The molecular weight excluding hydrogens is 473 g/mol. The highest BCUT2D eigenvalue weighted by atomic mass is 35.5. The fourth-order valence-electron chi connectivity index (χ4n) is 3.48. The molecule has 1 aliphatic rings. The number of carbonyl (C=O) groups excluding carboxylic acids is 1. The Bertz CT molecular complexity index is 1100. The molecule has 0 radical (unpaired) electrons. The van der Waals surface area contributed by atoms with E-state index in [-0.39, 0.29) is 38.1 Å². The predicted molar refractivity (Wildman–Crippen MR) is 121 cm³/mol. The van der Waals surface area contributed by atoms with Crippen molar-refractivity contribution >= 4 is 75.0 Å². The Morgan fingerprint density at radius 1 is 1.10 bits per heavy atom. The van der Waals surface area contributed by atoms with Crippen molar-refractivity contribution in [3.05, 3.63) is 51.8 Å². The van der Waals surface area contributed by atoms with Crippen LogP contribution in [0.2, 0.25) is 10.0 Å². The second-order valence-electron chi connectivity index (χ2n) is 7.15. The highest BCUT2D eigenvalue weighted by Gasteiger charge is 2.31. The van der Waals surface area contributed by atoms with Crippen molar-refractivity contribution < 1.29 is 9.18 Å². The molecule has 10 heteroatoms. The van der Waals surface area contributed by atoms with Crippen molar-refractivity contribution in [2.75, 3.05) is 10.6 Å². The van der Waals surface area contributed by atoms with Gasteiger partial charge in [0, 0.05) is 5.69 Å². The zero-order chi connectivity index (χ0) is 21.4. The van der Waals surface area contributed by atoms with E-state index >= 15 is 0 Å². The third kappa shape index (κ3) is 4.47. The third-order valence-corrected chi connectivity index (χ3v) is 6.63. The van der Waals surface area contributed by atoms with Gasteiger partial charge in [-0.05, 0) is 43.2 Å². The number of nitrogens with one attached hydrogen (secondary N) is 3. The third-order valence-electron chi connectivity index (χ3n) is 5.04.